The number of carbonyl (C=O) groups excluding carboxylic acids is 1. The summed E-state index contributed by atoms with van der Waals surface area (Å²) in [5.41, 5.74) is 0.195. The van der Waals surface area contributed by atoms with Crippen molar-refractivity contribution in [3.8, 4) is 0 Å². The van der Waals surface area contributed by atoms with Gasteiger partial charge in [-0.05, 0) is 51.5 Å². The number of methoxy groups -OCH3 is 1. The van der Waals surface area contributed by atoms with Gasteiger partial charge in [0.2, 0.25) is 0 Å². The first-order valence-electron chi connectivity index (χ1n) is 10.5. The van der Waals surface area contributed by atoms with E-state index in [1.165, 1.54) is 31.4 Å². The lowest BCUT2D eigenvalue weighted by atomic mass is 10.1. The quantitative estimate of drug-likeness (QED) is 0.240. The molecule has 2 heterocycles. The Bertz CT molecular complexity index is 1030. The van der Waals surface area contributed by atoms with Gasteiger partial charge in [-0.15, -0.1) is 0 Å². The summed E-state index contributed by atoms with van der Waals surface area (Å²) in [5.74, 6) is -7.29. The van der Waals surface area contributed by atoms with Crippen molar-refractivity contribution in [1.29, 1.82) is 0 Å². The van der Waals surface area contributed by atoms with Crippen molar-refractivity contribution < 1.29 is 37.0 Å². The summed E-state index contributed by atoms with van der Waals surface area (Å²) in [6.45, 7) is 5.42. The zero-order valence-electron chi connectivity index (χ0n) is 20.0. The molecule has 1 atom stereocenters. The first kappa shape index (κ1) is 30.1. The highest BCUT2D eigenvalue weighted by Gasteiger charge is 2.24. The smallest absolute Gasteiger partial charge is 0.338 e. The lowest BCUT2D eigenvalue weighted by Gasteiger charge is -2.15. The van der Waals surface area contributed by atoms with Gasteiger partial charge in [0.15, 0.2) is 0 Å². The molecule has 2 rings (SSSR count). The summed E-state index contributed by atoms with van der Waals surface area (Å²) in [4.78, 5) is 29.9. The summed E-state index contributed by atoms with van der Waals surface area (Å²) >= 11 is 5.62. The van der Waals surface area contributed by atoms with Crippen LogP contribution in [0.4, 0.5) is 23.4 Å². The Morgan fingerprint density at radius 2 is 1.54 bits per heavy atom. The van der Waals surface area contributed by atoms with E-state index in [1.54, 1.807) is 0 Å². The minimum absolute atomic E-state index is 0.0119. The molecule has 2 aromatic heterocycles. The summed E-state index contributed by atoms with van der Waals surface area (Å²) in [6.07, 6.45) is -0.334. The van der Waals surface area contributed by atoms with E-state index < -0.39 is 36.6 Å². The van der Waals surface area contributed by atoms with Crippen LogP contribution in [0.25, 0.3) is 0 Å². The summed E-state index contributed by atoms with van der Waals surface area (Å²) in [6, 6.07) is 5.14. The van der Waals surface area contributed by atoms with Gasteiger partial charge in [-0.1, -0.05) is 18.5 Å². The molecule has 0 spiro atoms. The highest BCUT2D eigenvalue weighted by atomic mass is 35.5. The molecule has 0 amide bonds. The maximum absolute atomic E-state index is 13.0. The van der Waals surface area contributed by atoms with Gasteiger partial charge in [0, 0.05) is 17.4 Å². The van der Waals surface area contributed by atoms with Crippen molar-refractivity contribution in [2.75, 3.05) is 12.4 Å². The molecule has 0 unspecified atom stereocenters. The van der Waals surface area contributed by atoms with Crippen LogP contribution in [0.3, 0.4) is 0 Å². The number of hydrogen-bond acceptors (Lipinski definition) is 6. The molecule has 2 N–H and O–H groups in total. The number of nitrogens with zero attached hydrogens (tertiary/aromatic N) is 2. The Morgan fingerprint density at radius 3 is 2.00 bits per heavy atom. The molecule has 7 nitrogen and oxygen atoms in total. The van der Waals surface area contributed by atoms with Crippen LogP contribution in [0.5, 0.6) is 0 Å². The Labute approximate surface area is 205 Å². The molecule has 0 radical (unpaired) electrons. The fourth-order valence-corrected chi connectivity index (χ4v) is 2.97. The van der Waals surface area contributed by atoms with E-state index in [9.17, 15) is 27.2 Å². The van der Waals surface area contributed by atoms with Crippen molar-refractivity contribution >= 4 is 29.4 Å². The number of ether oxygens (including phenoxy) is 1. The molecule has 0 aliphatic carbocycles. The third kappa shape index (κ3) is 11.8. The molecule has 0 aliphatic heterocycles. The van der Waals surface area contributed by atoms with Gasteiger partial charge in [-0.2, -0.15) is 0 Å². The maximum atomic E-state index is 13.0. The molecule has 0 aliphatic rings. The highest BCUT2D eigenvalue weighted by molar-refractivity contribution is 6.29. The van der Waals surface area contributed by atoms with Crippen LogP contribution in [0.1, 0.15) is 66.2 Å². The number of pyridine rings is 2. The number of carboxylic acid groups (broad SMARTS) is 1. The SMILES string of the molecule is CC[C@H](C)Nc1cc(C(=O)O)cc(CC(C)(F)F)n1.COC(=O)c1cc(Cl)nc(CC(C)(F)F)c1. The van der Waals surface area contributed by atoms with E-state index in [-0.39, 0.29) is 33.7 Å². The molecular formula is C23H28ClF4N3O4. The van der Waals surface area contributed by atoms with Gasteiger partial charge in [-0.25, -0.2) is 37.1 Å². The van der Waals surface area contributed by atoms with Gasteiger partial charge < -0.3 is 15.2 Å². The van der Waals surface area contributed by atoms with Crippen LogP contribution in [-0.2, 0) is 17.6 Å². The predicted molar refractivity (Wildman–Crippen MR) is 124 cm³/mol. The zero-order chi connectivity index (χ0) is 27.0. The fraction of sp³-hybridized carbons (Fsp3) is 0.478. The Morgan fingerprint density at radius 1 is 1.03 bits per heavy atom. The standard InChI is InChI=1S/C13H18F2N2O2.C10H10ClF2NO2/c1-4-8(2)16-11-6-9(12(18)19)5-10(17-11)7-13(3,14)15;1-10(12,13)5-7-3-6(9(15)16-2)4-8(11)14-7/h5-6,8H,4,7H2,1-3H3,(H,16,17)(H,18,19);3-4H,5H2,1-2H3/t8-;/m0./s1. The zero-order valence-corrected chi connectivity index (χ0v) is 20.7. The molecular weight excluding hydrogens is 494 g/mol. The molecule has 35 heavy (non-hydrogen) atoms. The van der Waals surface area contributed by atoms with Crippen LogP contribution < -0.4 is 5.32 Å². The van der Waals surface area contributed by atoms with E-state index in [2.05, 4.69) is 20.0 Å². The molecule has 2 aromatic rings. The Balaban J connectivity index is 0.000000355. The predicted octanol–water partition coefficient (Wildman–Crippen LogP) is 5.91. The number of carbonyl (C=O) groups is 2. The minimum Gasteiger partial charge on any atom is -0.478 e. The number of esters is 1. The van der Waals surface area contributed by atoms with Crippen molar-refractivity contribution in [1.82, 2.24) is 9.97 Å². The van der Waals surface area contributed by atoms with E-state index in [0.717, 1.165) is 20.3 Å². The number of aromatic nitrogens is 2. The number of carboxylic acids is 1. The second kappa shape index (κ2) is 12.7. The maximum Gasteiger partial charge on any atom is 0.338 e. The molecule has 194 valence electrons. The number of nitrogens with one attached hydrogen (secondary N) is 1. The van der Waals surface area contributed by atoms with E-state index >= 15 is 0 Å². The molecule has 0 aromatic carbocycles. The summed E-state index contributed by atoms with van der Waals surface area (Å²) in [5, 5.41) is 12.0. The lowest BCUT2D eigenvalue weighted by molar-refractivity contribution is 0.0207. The number of halogens is 5. The highest BCUT2D eigenvalue weighted by Crippen LogP contribution is 2.22. The summed E-state index contributed by atoms with van der Waals surface area (Å²) in [7, 11) is 1.20. The van der Waals surface area contributed by atoms with Crippen molar-refractivity contribution in [3.63, 3.8) is 0 Å². The second-order valence-corrected chi connectivity index (χ2v) is 8.53. The van der Waals surface area contributed by atoms with Crippen LogP contribution in [0, 0.1) is 0 Å². The number of rotatable bonds is 9. The fourth-order valence-electron chi connectivity index (χ4n) is 2.74. The Hall–Kier alpha value is -2.95. The van der Waals surface area contributed by atoms with E-state index in [1.807, 2.05) is 13.8 Å². The summed E-state index contributed by atoms with van der Waals surface area (Å²) < 4.78 is 56.0. The third-order valence-corrected chi connectivity index (χ3v) is 4.58. The number of alkyl halides is 4. The molecule has 0 bridgehead atoms. The topological polar surface area (TPSA) is 101 Å². The van der Waals surface area contributed by atoms with Crippen LogP contribution in [0.2, 0.25) is 5.15 Å². The van der Waals surface area contributed by atoms with E-state index in [4.69, 9.17) is 16.7 Å². The van der Waals surface area contributed by atoms with Crippen molar-refractivity contribution in [2.45, 2.75) is 64.8 Å². The van der Waals surface area contributed by atoms with Gasteiger partial charge in [0.25, 0.3) is 11.8 Å². The first-order valence-corrected chi connectivity index (χ1v) is 10.9. The molecule has 0 fully saturated rings. The monoisotopic (exact) mass is 521 g/mol. The van der Waals surface area contributed by atoms with Crippen LogP contribution in [-0.4, -0.2) is 52.0 Å². The van der Waals surface area contributed by atoms with Crippen molar-refractivity contribution in [3.05, 3.63) is 51.9 Å². The van der Waals surface area contributed by atoms with Gasteiger partial charge >= 0.3 is 11.9 Å². The average Bonchev–Trinajstić information content (AvgIpc) is 2.70. The first-order chi connectivity index (χ1) is 16.0. The number of anilines is 1. The van der Waals surface area contributed by atoms with Gasteiger partial charge in [0.05, 0.1) is 31.1 Å². The van der Waals surface area contributed by atoms with Crippen molar-refractivity contribution in [2.24, 2.45) is 0 Å². The third-order valence-electron chi connectivity index (χ3n) is 4.38. The molecule has 0 saturated carbocycles. The van der Waals surface area contributed by atoms with E-state index in [0.29, 0.717) is 5.82 Å². The largest absolute Gasteiger partial charge is 0.478 e. The second-order valence-electron chi connectivity index (χ2n) is 8.15. The van der Waals surface area contributed by atoms with Gasteiger partial charge in [-0.3, -0.25) is 0 Å². The minimum atomic E-state index is -2.92. The molecule has 0 saturated heterocycles. The van der Waals surface area contributed by atoms with Crippen LogP contribution >= 0.6 is 11.6 Å². The number of aromatic carboxylic acids is 1. The van der Waals surface area contributed by atoms with Gasteiger partial charge in [0.1, 0.15) is 11.0 Å². The lowest BCUT2D eigenvalue weighted by Crippen LogP contribution is -2.18. The normalized spacial score (nSPS) is 12.3. The van der Waals surface area contributed by atoms with Crippen LogP contribution in [0.15, 0.2) is 24.3 Å². The number of hydrogen-bond donors (Lipinski definition) is 2. The average molecular weight is 522 g/mol. The Kier molecular flexibility index (Phi) is 10.9. The molecule has 12 heteroatoms.